The minimum atomic E-state index is 0.0384. The standard InChI is InChI=1S/C34H29NS/c1-34(2,3)31-21-25(23-9-5-4-6-10-23)15-19-28(31)24-13-16-26(17-14-24)35-27-18-20-30-29-11-7-8-12-32(29)36-33(30)22-27/h4-22,35H,1-3H3. The SMILES string of the molecule is CC(C)(C)c1cc(-c2ccccc2)ccc1-c1ccc(Nc2ccc3c(c2)sc2ccccc23)cc1. The Bertz CT molecular complexity index is 1670. The zero-order valence-electron chi connectivity index (χ0n) is 20.9. The van der Waals surface area contributed by atoms with Crippen molar-refractivity contribution in [3.05, 3.63) is 121 Å². The molecule has 6 aromatic rings. The maximum Gasteiger partial charge on any atom is 0.0398 e. The Labute approximate surface area is 217 Å². The summed E-state index contributed by atoms with van der Waals surface area (Å²) in [6, 6.07) is 41.6. The molecule has 1 heterocycles. The molecule has 0 aliphatic carbocycles. The van der Waals surface area contributed by atoms with E-state index in [-0.39, 0.29) is 5.41 Å². The van der Waals surface area contributed by atoms with Crippen LogP contribution in [0.15, 0.2) is 115 Å². The Morgan fingerprint density at radius 3 is 1.97 bits per heavy atom. The molecule has 1 N–H and O–H groups in total. The van der Waals surface area contributed by atoms with Gasteiger partial charge in [-0.3, -0.25) is 0 Å². The molecule has 1 nitrogen and oxygen atoms in total. The number of benzene rings is 5. The van der Waals surface area contributed by atoms with E-state index in [1.54, 1.807) is 0 Å². The smallest absolute Gasteiger partial charge is 0.0398 e. The zero-order chi connectivity index (χ0) is 24.7. The average Bonchev–Trinajstić information content (AvgIpc) is 3.27. The van der Waals surface area contributed by atoms with Gasteiger partial charge in [0.25, 0.3) is 0 Å². The lowest BCUT2D eigenvalue weighted by molar-refractivity contribution is 0.592. The molecule has 5 aromatic carbocycles. The molecular formula is C34H29NS. The first-order valence-corrected chi connectivity index (χ1v) is 13.3. The van der Waals surface area contributed by atoms with Crippen molar-refractivity contribution < 1.29 is 0 Å². The average molecular weight is 484 g/mol. The second kappa shape index (κ2) is 8.96. The summed E-state index contributed by atoms with van der Waals surface area (Å²) < 4.78 is 2.65. The van der Waals surface area contributed by atoms with Crippen molar-refractivity contribution in [2.24, 2.45) is 0 Å². The molecule has 0 fully saturated rings. The molecule has 1 aromatic heterocycles. The molecule has 0 radical (unpaired) electrons. The molecule has 176 valence electrons. The van der Waals surface area contributed by atoms with Crippen LogP contribution in [0.4, 0.5) is 11.4 Å². The van der Waals surface area contributed by atoms with Gasteiger partial charge in [-0.1, -0.05) is 106 Å². The Balaban J connectivity index is 1.30. The fraction of sp³-hybridized carbons (Fsp3) is 0.118. The van der Waals surface area contributed by atoms with Crippen molar-refractivity contribution in [2.45, 2.75) is 26.2 Å². The van der Waals surface area contributed by atoms with E-state index in [4.69, 9.17) is 0 Å². The van der Waals surface area contributed by atoms with Crippen LogP contribution < -0.4 is 5.32 Å². The highest BCUT2D eigenvalue weighted by Gasteiger charge is 2.20. The van der Waals surface area contributed by atoms with Gasteiger partial charge in [0.05, 0.1) is 0 Å². The molecule has 0 saturated heterocycles. The summed E-state index contributed by atoms with van der Waals surface area (Å²) in [5, 5.41) is 6.26. The lowest BCUT2D eigenvalue weighted by atomic mass is 9.80. The van der Waals surface area contributed by atoms with Crippen LogP contribution in [-0.4, -0.2) is 0 Å². The van der Waals surface area contributed by atoms with Gasteiger partial charge >= 0.3 is 0 Å². The minimum absolute atomic E-state index is 0.0384. The van der Waals surface area contributed by atoms with Crippen LogP contribution in [0.3, 0.4) is 0 Å². The molecule has 36 heavy (non-hydrogen) atoms. The third kappa shape index (κ3) is 4.29. The van der Waals surface area contributed by atoms with Gasteiger partial charge in [-0.2, -0.15) is 0 Å². The van der Waals surface area contributed by atoms with E-state index in [0.29, 0.717) is 0 Å². The topological polar surface area (TPSA) is 12.0 Å². The monoisotopic (exact) mass is 483 g/mol. The predicted octanol–water partition coefficient (Wildman–Crippen LogP) is 10.4. The first-order chi connectivity index (χ1) is 17.5. The summed E-state index contributed by atoms with van der Waals surface area (Å²) in [7, 11) is 0. The first-order valence-electron chi connectivity index (χ1n) is 12.4. The van der Waals surface area contributed by atoms with Crippen LogP contribution in [-0.2, 0) is 5.41 Å². The number of thiophene rings is 1. The summed E-state index contributed by atoms with van der Waals surface area (Å²) in [6.45, 7) is 6.88. The maximum absolute atomic E-state index is 3.60. The van der Waals surface area contributed by atoms with Gasteiger partial charge in [0.1, 0.15) is 0 Å². The van der Waals surface area contributed by atoms with Crippen molar-refractivity contribution in [2.75, 3.05) is 5.32 Å². The fourth-order valence-electron chi connectivity index (χ4n) is 4.93. The minimum Gasteiger partial charge on any atom is -0.355 e. The summed E-state index contributed by atoms with van der Waals surface area (Å²) in [5.74, 6) is 0. The van der Waals surface area contributed by atoms with Gasteiger partial charge in [0, 0.05) is 31.5 Å². The van der Waals surface area contributed by atoms with E-state index < -0.39 is 0 Å². The quantitative estimate of drug-likeness (QED) is 0.263. The number of rotatable bonds is 4. The fourth-order valence-corrected chi connectivity index (χ4v) is 6.08. The van der Waals surface area contributed by atoms with E-state index in [1.807, 2.05) is 11.3 Å². The number of hydrogen-bond acceptors (Lipinski definition) is 2. The lowest BCUT2D eigenvalue weighted by Crippen LogP contribution is -2.13. The molecule has 0 spiro atoms. The van der Waals surface area contributed by atoms with Gasteiger partial charge in [0.15, 0.2) is 0 Å². The predicted molar refractivity (Wildman–Crippen MR) is 159 cm³/mol. The van der Waals surface area contributed by atoms with Crippen LogP contribution in [0.1, 0.15) is 26.3 Å². The summed E-state index contributed by atoms with van der Waals surface area (Å²) in [6.07, 6.45) is 0. The number of anilines is 2. The van der Waals surface area contributed by atoms with Crippen molar-refractivity contribution >= 4 is 42.9 Å². The lowest BCUT2D eigenvalue weighted by Gasteiger charge is -2.24. The van der Waals surface area contributed by atoms with Crippen LogP contribution in [0, 0.1) is 0 Å². The molecule has 0 atom stereocenters. The summed E-state index contributed by atoms with van der Waals surface area (Å²) in [4.78, 5) is 0. The molecule has 0 saturated carbocycles. The maximum atomic E-state index is 3.60. The normalized spacial score (nSPS) is 11.8. The molecule has 0 aliphatic rings. The van der Waals surface area contributed by atoms with Gasteiger partial charge in [-0.05, 0) is 63.6 Å². The molecule has 0 bridgehead atoms. The van der Waals surface area contributed by atoms with Gasteiger partial charge in [0.2, 0.25) is 0 Å². The highest BCUT2D eigenvalue weighted by molar-refractivity contribution is 7.25. The number of fused-ring (bicyclic) bond motifs is 3. The van der Waals surface area contributed by atoms with Gasteiger partial charge in [-0.25, -0.2) is 0 Å². The van der Waals surface area contributed by atoms with Crippen LogP contribution in [0.2, 0.25) is 0 Å². The Morgan fingerprint density at radius 2 is 1.19 bits per heavy atom. The molecule has 6 rings (SSSR count). The van der Waals surface area contributed by atoms with Crippen molar-refractivity contribution in [1.82, 2.24) is 0 Å². The van der Waals surface area contributed by atoms with Crippen molar-refractivity contribution in [3.63, 3.8) is 0 Å². The molecule has 0 aliphatic heterocycles. The van der Waals surface area contributed by atoms with Gasteiger partial charge < -0.3 is 5.32 Å². The highest BCUT2D eigenvalue weighted by atomic mass is 32.1. The van der Waals surface area contributed by atoms with Gasteiger partial charge in [-0.15, -0.1) is 11.3 Å². The molecule has 2 heteroatoms. The van der Waals surface area contributed by atoms with Crippen LogP contribution in [0.5, 0.6) is 0 Å². The first kappa shape index (κ1) is 22.6. The van der Waals surface area contributed by atoms with E-state index in [1.165, 1.54) is 48.0 Å². The molecular weight excluding hydrogens is 454 g/mol. The third-order valence-corrected chi connectivity index (χ3v) is 7.93. The van der Waals surface area contributed by atoms with Crippen LogP contribution in [0.25, 0.3) is 42.4 Å². The summed E-state index contributed by atoms with van der Waals surface area (Å²) in [5.41, 5.74) is 8.66. The largest absolute Gasteiger partial charge is 0.355 e. The van der Waals surface area contributed by atoms with Crippen LogP contribution >= 0.6 is 11.3 Å². The second-order valence-corrected chi connectivity index (χ2v) is 11.5. The Morgan fingerprint density at radius 1 is 0.528 bits per heavy atom. The van der Waals surface area contributed by atoms with E-state index in [2.05, 4.69) is 141 Å². The number of hydrogen-bond donors (Lipinski definition) is 1. The number of nitrogens with one attached hydrogen (secondary N) is 1. The van der Waals surface area contributed by atoms with E-state index >= 15 is 0 Å². The highest BCUT2D eigenvalue weighted by Crippen LogP contribution is 2.38. The zero-order valence-corrected chi connectivity index (χ0v) is 21.7. The van der Waals surface area contributed by atoms with Crippen molar-refractivity contribution in [3.8, 4) is 22.3 Å². The Kier molecular flexibility index (Phi) is 5.62. The summed E-state index contributed by atoms with van der Waals surface area (Å²) >= 11 is 1.85. The Hall–Kier alpha value is -3.88. The molecule has 0 unspecified atom stereocenters. The third-order valence-electron chi connectivity index (χ3n) is 6.80. The molecule has 0 amide bonds. The van der Waals surface area contributed by atoms with E-state index in [0.717, 1.165) is 11.4 Å². The van der Waals surface area contributed by atoms with E-state index in [9.17, 15) is 0 Å². The second-order valence-electron chi connectivity index (χ2n) is 10.4. The van der Waals surface area contributed by atoms with Crippen molar-refractivity contribution in [1.29, 1.82) is 0 Å².